The van der Waals surface area contributed by atoms with Crippen LogP contribution in [0.15, 0.2) is 47.4 Å². The fourth-order valence-electron chi connectivity index (χ4n) is 3.22. The lowest BCUT2D eigenvalue weighted by atomic mass is 10.1. The number of halogens is 2. The predicted molar refractivity (Wildman–Crippen MR) is 90.3 cm³/mol. The van der Waals surface area contributed by atoms with Crippen LogP contribution in [-0.2, 0) is 10.0 Å². The molecule has 134 valence electrons. The Labute approximate surface area is 145 Å². The summed E-state index contributed by atoms with van der Waals surface area (Å²) in [6.07, 6.45) is 2.37. The molecule has 1 fully saturated rings. The molecule has 25 heavy (non-hydrogen) atoms. The van der Waals surface area contributed by atoms with Crippen LogP contribution in [0, 0.1) is 17.6 Å². The molecule has 1 saturated carbocycles. The smallest absolute Gasteiger partial charge is 0.240 e. The molecular formula is C18H19F2NO3S. The Hall–Kier alpha value is -1.83. The lowest BCUT2D eigenvalue weighted by molar-refractivity contribution is 0.213. The Morgan fingerprint density at radius 3 is 2.44 bits per heavy atom. The molecule has 2 N–H and O–H groups in total. The minimum atomic E-state index is -3.72. The van der Waals surface area contributed by atoms with E-state index in [0.717, 1.165) is 25.0 Å². The van der Waals surface area contributed by atoms with Crippen LogP contribution in [-0.4, -0.2) is 26.2 Å². The number of sulfonamides is 1. The summed E-state index contributed by atoms with van der Waals surface area (Å²) in [5.41, 5.74) is 0.667. The van der Waals surface area contributed by atoms with E-state index in [1.165, 1.54) is 30.3 Å². The van der Waals surface area contributed by atoms with E-state index in [2.05, 4.69) is 4.72 Å². The SMILES string of the molecule is O=S(=O)(N[C@@H]1CCC[C@@H]1CO)c1ccc(-c2ccc(F)cc2F)cc1. The summed E-state index contributed by atoms with van der Waals surface area (Å²) in [6, 6.07) is 8.75. The number of hydrogen-bond acceptors (Lipinski definition) is 3. The molecule has 7 heteroatoms. The molecule has 0 bridgehead atoms. The molecule has 1 aliphatic rings. The first kappa shape index (κ1) is 18.0. The van der Waals surface area contributed by atoms with E-state index in [4.69, 9.17) is 0 Å². The maximum Gasteiger partial charge on any atom is 0.240 e. The van der Waals surface area contributed by atoms with Crippen molar-refractivity contribution >= 4 is 10.0 Å². The van der Waals surface area contributed by atoms with Crippen LogP contribution in [0.1, 0.15) is 19.3 Å². The molecule has 0 unspecified atom stereocenters. The van der Waals surface area contributed by atoms with Crippen LogP contribution in [0.3, 0.4) is 0 Å². The number of aliphatic hydroxyl groups excluding tert-OH is 1. The Balaban J connectivity index is 1.81. The van der Waals surface area contributed by atoms with Crippen molar-refractivity contribution in [1.29, 1.82) is 0 Å². The zero-order valence-corrected chi connectivity index (χ0v) is 14.3. The van der Waals surface area contributed by atoms with E-state index in [1.807, 2.05) is 0 Å². The highest BCUT2D eigenvalue weighted by Gasteiger charge is 2.30. The van der Waals surface area contributed by atoms with Gasteiger partial charge < -0.3 is 5.11 Å². The largest absolute Gasteiger partial charge is 0.396 e. The monoisotopic (exact) mass is 367 g/mol. The van der Waals surface area contributed by atoms with Crippen LogP contribution in [0.4, 0.5) is 8.78 Å². The van der Waals surface area contributed by atoms with Gasteiger partial charge in [0.15, 0.2) is 0 Å². The second-order valence-electron chi connectivity index (χ2n) is 6.25. The third kappa shape index (κ3) is 3.89. The summed E-state index contributed by atoms with van der Waals surface area (Å²) >= 11 is 0. The Morgan fingerprint density at radius 1 is 1.08 bits per heavy atom. The van der Waals surface area contributed by atoms with Gasteiger partial charge in [-0.05, 0) is 48.6 Å². The molecule has 4 nitrogen and oxygen atoms in total. The fourth-order valence-corrected chi connectivity index (χ4v) is 4.55. The average molecular weight is 367 g/mol. The summed E-state index contributed by atoms with van der Waals surface area (Å²) in [4.78, 5) is 0.0716. The van der Waals surface area contributed by atoms with Gasteiger partial charge in [0.2, 0.25) is 10.0 Å². The van der Waals surface area contributed by atoms with Crippen molar-refractivity contribution in [3.63, 3.8) is 0 Å². The minimum Gasteiger partial charge on any atom is -0.396 e. The molecule has 3 rings (SSSR count). The van der Waals surface area contributed by atoms with E-state index in [-0.39, 0.29) is 29.0 Å². The zero-order valence-electron chi connectivity index (χ0n) is 13.5. The number of nitrogens with one attached hydrogen (secondary N) is 1. The first-order valence-corrected chi connectivity index (χ1v) is 9.58. The number of aliphatic hydroxyl groups is 1. The fraction of sp³-hybridized carbons (Fsp3) is 0.333. The standard InChI is InChI=1S/C18H19F2NO3S/c19-14-6-9-16(17(20)10-14)12-4-7-15(8-5-12)25(23,24)21-18-3-1-2-13(18)11-22/h4-10,13,18,21-22H,1-3,11H2/t13-,18-/m1/s1. The Kier molecular flexibility index (Phi) is 5.17. The molecule has 2 aromatic carbocycles. The molecule has 0 radical (unpaired) electrons. The van der Waals surface area contributed by atoms with Gasteiger partial charge in [0.25, 0.3) is 0 Å². The highest BCUT2D eigenvalue weighted by atomic mass is 32.2. The van der Waals surface area contributed by atoms with Crippen molar-refractivity contribution in [1.82, 2.24) is 4.72 Å². The lowest BCUT2D eigenvalue weighted by Crippen LogP contribution is -2.38. The predicted octanol–water partition coefficient (Wildman–Crippen LogP) is 3.07. The van der Waals surface area contributed by atoms with Crippen molar-refractivity contribution in [3.05, 3.63) is 54.1 Å². The van der Waals surface area contributed by atoms with Crippen LogP contribution in [0.25, 0.3) is 11.1 Å². The maximum atomic E-state index is 13.8. The van der Waals surface area contributed by atoms with E-state index in [0.29, 0.717) is 12.0 Å². The van der Waals surface area contributed by atoms with Crippen molar-refractivity contribution in [2.75, 3.05) is 6.61 Å². The quantitative estimate of drug-likeness (QED) is 0.854. The summed E-state index contributed by atoms with van der Waals surface area (Å²) in [5, 5.41) is 9.31. The second-order valence-corrected chi connectivity index (χ2v) is 7.96. The summed E-state index contributed by atoms with van der Waals surface area (Å²) in [5.74, 6) is -1.44. The van der Waals surface area contributed by atoms with Crippen molar-refractivity contribution in [3.8, 4) is 11.1 Å². The van der Waals surface area contributed by atoms with Gasteiger partial charge in [0.05, 0.1) is 4.90 Å². The van der Waals surface area contributed by atoms with Gasteiger partial charge in [-0.15, -0.1) is 0 Å². The summed E-state index contributed by atoms with van der Waals surface area (Å²) in [7, 11) is -3.72. The first-order chi connectivity index (χ1) is 11.9. The molecule has 1 aliphatic carbocycles. The number of hydrogen-bond donors (Lipinski definition) is 2. The van der Waals surface area contributed by atoms with E-state index in [1.54, 1.807) is 0 Å². The molecule has 2 atom stereocenters. The Bertz CT molecular complexity index is 853. The van der Waals surface area contributed by atoms with Gasteiger partial charge in [-0.1, -0.05) is 18.6 Å². The Morgan fingerprint density at radius 2 is 1.80 bits per heavy atom. The third-order valence-electron chi connectivity index (χ3n) is 4.61. The average Bonchev–Trinajstić information content (AvgIpc) is 3.01. The molecule has 0 heterocycles. The highest BCUT2D eigenvalue weighted by Crippen LogP contribution is 2.28. The van der Waals surface area contributed by atoms with Crippen molar-refractivity contribution < 1.29 is 22.3 Å². The molecule has 0 saturated heterocycles. The van der Waals surface area contributed by atoms with Crippen LogP contribution in [0.2, 0.25) is 0 Å². The normalized spacial score (nSPS) is 20.8. The van der Waals surface area contributed by atoms with E-state index < -0.39 is 21.7 Å². The van der Waals surface area contributed by atoms with Crippen LogP contribution in [0.5, 0.6) is 0 Å². The zero-order chi connectivity index (χ0) is 18.0. The highest BCUT2D eigenvalue weighted by molar-refractivity contribution is 7.89. The topological polar surface area (TPSA) is 66.4 Å². The molecule has 0 aliphatic heterocycles. The van der Waals surface area contributed by atoms with E-state index >= 15 is 0 Å². The van der Waals surface area contributed by atoms with Gasteiger partial charge in [-0.25, -0.2) is 21.9 Å². The first-order valence-electron chi connectivity index (χ1n) is 8.09. The van der Waals surface area contributed by atoms with Gasteiger partial charge >= 0.3 is 0 Å². The summed E-state index contributed by atoms with van der Waals surface area (Å²) in [6.45, 7) is -0.0457. The van der Waals surface area contributed by atoms with Gasteiger partial charge in [0.1, 0.15) is 11.6 Å². The second kappa shape index (κ2) is 7.19. The van der Waals surface area contributed by atoms with Gasteiger partial charge in [-0.3, -0.25) is 0 Å². The van der Waals surface area contributed by atoms with Crippen LogP contribution >= 0.6 is 0 Å². The van der Waals surface area contributed by atoms with Gasteiger partial charge in [-0.2, -0.15) is 0 Å². The number of rotatable bonds is 5. The molecule has 0 aromatic heterocycles. The molecule has 0 amide bonds. The number of benzene rings is 2. The van der Waals surface area contributed by atoms with Gasteiger partial charge in [0, 0.05) is 24.3 Å². The van der Waals surface area contributed by atoms with Crippen LogP contribution < -0.4 is 4.72 Å². The third-order valence-corrected chi connectivity index (χ3v) is 6.11. The minimum absolute atomic E-state index is 0.0457. The molecular weight excluding hydrogens is 348 g/mol. The summed E-state index contributed by atoms with van der Waals surface area (Å²) < 4.78 is 54.4. The molecule has 0 spiro atoms. The van der Waals surface area contributed by atoms with Crippen molar-refractivity contribution in [2.45, 2.75) is 30.2 Å². The molecule has 2 aromatic rings. The van der Waals surface area contributed by atoms with E-state index in [9.17, 15) is 22.3 Å². The maximum absolute atomic E-state index is 13.8. The lowest BCUT2D eigenvalue weighted by Gasteiger charge is -2.19. The van der Waals surface area contributed by atoms with Crippen molar-refractivity contribution in [2.24, 2.45) is 5.92 Å².